The van der Waals surface area contributed by atoms with Crippen LogP contribution in [0.25, 0.3) is 0 Å². The van der Waals surface area contributed by atoms with Gasteiger partial charge in [0.25, 0.3) is 0 Å². The van der Waals surface area contributed by atoms with Crippen molar-refractivity contribution in [1.29, 1.82) is 0 Å². The van der Waals surface area contributed by atoms with Crippen LogP contribution in [0.3, 0.4) is 0 Å². The smallest absolute Gasteiger partial charge is 0.136 e. The Balaban J connectivity index is 2.48. The van der Waals surface area contributed by atoms with E-state index >= 15 is 0 Å². The minimum absolute atomic E-state index is 0.188. The van der Waals surface area contributed by atoms with Gasteiger partial charge in [-0.3, -0.25) is 0 Å². The van der Waals surface area contributed by atoms with Gasteiger partial charge in [0.05, 0.1) is 0 Å². The molecule has 16 heavy (non-hydrogen) atoms. The van der Waals surface area contributed by atoms with Crippen molar-refractivity contribution in [2.24, 2.45) is 0 Å². The summed E-state index contributed by atoms with van der Waals surface area (Å²) in [5.41, 5.74) is 0.972. The minimum Gasteiger partial charge on any atom is -0.358 e. The number of benzene rings is 1. The summed E-state index contributed by atoms with van der Waals surface area (Å²) < 4.78 is 13.8. The Bertz CT molecular complexity index is 351. The molecule has 0 bridgehead atoms. The molecule has 0 aromatic heterocycles. The van der Waals surface area contributed by atoms with Crippen LogP contribution < -0.4 is 0 Å². The van der Waals surface area contributed by atoms with Gasteiger partial charge in [0.15, 0.2) is 0 Å². The third kappa shape index (κ3) is 4.10. The Morgan fingerprint density at radius 2 is 2.06 bits per heavy atom. The van der Waals surface area contributed by atoms with E-state index in [1.165, 1.54) is 6.07 Å². The van der Waals surface area contributed by atoms with Gasteiger partial charge >= 0.3 is 0 Å². The highest BCUT2D eigenvalue weighted by Crippen LogP contribution is 2.17. The second kappa shape index (κ2) is 6.86. The third-order valence-electron chi connectivity index (χ3n) is 2.27. The monoisotopic (exact) mass is 257 g/mol. The number of rotatable bonds is 4. The highest BCUT2D eigenvalue weighted by molar-refractivity contribution is 8.22. The lowest BCUT2D eigenvalue weighted by molar-refractivity contribution is 0.482. The Kier molecular flexibility index (Phi) is 5.77. The summed E-state index contributed by atoms with van der Waals surface area (Å²) in [5.74, 6) is 0.541. The van der Waals surface area contributed by atoms with E-state index in [4.69, 9.17) is 12.2 Å². The molecular weight excluding hydrogens is 241 g/mol. The van der Waals surface area contributed by atoms with Crippen LogP contribution in [0.2, 0.25) is 0 Å². The maximum Gasteiger partial charge on any atom is 0.136 e. The van der Waals surface area contributed by atoms with Gasteiger partial charge in [0, 0.05) is 18.8 Å². The van der Waals surface area contributed by atoms with Crippen molar-refractivity contribution in [3.8, 4) is 0 Å². The molecule has 1 aromatic carbocycles. The summed E-state index contributed by atoms with van der Waals surface area (Å²) in [6, 6.07) is 6.65. The van der Waals surface area contributed by atoms with Crippen molar-refractivity contribution in [3.63, 3.8) is 0 Å². The zero-order chi connectivity index (χ0) is 12.0. The van der Waals surface area contributed by atoms with Gasteiger partial charge in [-0.05, 0) is 31.5 Å². The number of thioether (sulfide) groups is 1. The van der Waals surface area contributed by atoms with E-state index in [2.05, 4.69) is 18.7 Å². The number of halogens is 1. The number of thiocarbonyl (C=S) groups is 1. The van der Waals surface area contributed by atoms with Gasteiger partial charge in [-0.1, -0.05) is 36.1 Å². The fourth-order valence-electron chi connectivity index (χ4n) is 1.34. The van der Waals surface area contributed by atoms with Crippen LogP contribution >= 0.6 is 24.0 Å². The molecule has 0 N–H and O–H groups in total. The second-order valence-corrected chi connectivity index (χ2v) is 4.97. The van der Waals surface area contributed by atoms with E-state index < -0.39 is 0 Å². The number of hydrogen-bond acceptors (Lipinski definition) is 2. The molecule has 1 rings (SSSR count). The fraction of sp³-hybridized carbons (Fsp3) is 0.417. The first-order valence-electron chi connectivity index (χ1n) is 5.33. The summed E-state index contributed by atoms with van der Waals surface area (Å²) >= 11 is 6.89. The average molecular weight is 257 g/mol. The van der Waals surface area contributed by atoms with Crippen LogP contribution in [0, 0.1) is 5.82 Å². The molecule has 0 spiro atoms. The van der Waals surface area contributed by atoms with Crippen LogP contribution in [-0.2, 0) is 5.75 Å². The first-order chi connectivity index (χ1) is 7.67. The molecule has 0 aliphatic heterocycles. The molecule has 0 fully saturated rings. The lowest BCUT2D eigenvalue weighted by Gasteiger charge is -2.20. The molecule has 0 heterocycles. The molecule has 1 nitrogen and oxygen atoms in total. The Labute approximate surface area is 106 Å². The molecule has 0 amide bonds. The van der Waals surface area contributed by atoms with Crippen molar-refractivity contribution in [3.05, 3.63) is 35.6 Å². The maximum atomic E-state index is 12.9. The maximum absolute atomic E-state index is 12.9. The van der Waals surface area contributed by atoms with E-state index in [0.717, 1.165) is 28.7 Å². The van der Waals surface area contributed by atoms with E-state index in [-0.39, 0.29) is 5.82 Å². The number of hydrogen-bond donors (Lipinski definition) is 0. The summed E-state index contributed by atoms with van der Waals surface area (Å²) in [6.45, 7) is 6.01. The van der Waals surface area contributed by atoms with Gasteiger partial charge in [-0.25, -0.2) is 4.39 Å². The standard InChI is InChI=1S/C12H16FNS2/c1-3-14(4-2)12(15)16-9-10-6-5-7-11(13)8-10/h5-8H,3-4,9H2,1-2H3. The quantitative estimate of drug-likeness (QED) is 0.757. The van der Waals surface area contributed by atoms with Gasteiger partial charge in [-0.2, -0.15) is 0 Å². The van der Waals surface area contributed by atoms with Gasteiger partial charge < -0.3 is 4.90 Å². The van der Waals surface area contributed by atoms with E-state index in [1.807, 2.05) is 6.07 Å². The first kappa shape index (κ1) is 13.5. The van der Waals surface area contributed by atoms with Crippen molar-refractivity contribution < 1.29 is 4.39 Å². The lowest BCUT2D eigenvalue weighted by Crippen LogP contribution is -2.26. The molecule has 0 atom stereocenters. The first-order valence-corrected chi connectivity index (χ1v) is 6.72. The molecule has 0 radical (unpaired) electrons. The molecule has 0 saturated carbocycles. The predicted octanol–water partition coefficient (Wildman–Crippen LogP) is 3.69. The SMILES string of the molecule is CCN(CC)C(=S)SCc1cccc(F)c1. The number of nitrogens with zero attached hydrogens (tertiary/aromatic N) is 1. The topological polar surface area (TPSA) is 3.24 Å². The summed E-state index contributed by atoms with van der Waals surface area (Å²) in [4.78, 5) is 2.12. The van der Waals surface area contributed by atoms with Crippen LogP contribution in [0.15, 0.2) is 24.3 Å². The zero-order valence-corrected chi connectivity index (χ0v) is 11.2. The molecule has 0 unspecified atom stereocenters. The minimum atomic E-state index is -0.188. The average Bonchev–Trinajstić information content (AvgIpc) is 2.28. The van der Waals surface area contributed by atoms with E-state index in [9.17, 15) is 4.39 Å². The van der Waals surface area contributed by atoms with Crippen molar-refractivity contribution in [2.45, 2.75) is 19.6 Å². The molecular formula is C12H16FNS2. The third-order valence-corrected chi connectivity index (χ3v) is 3.87. The highest BCUT2D eigenvalue weighted by atomic mass is 32.2. The summed E-state index contributed by atoms with van der Waals surface area (Å²) in [6.07, 6.45) is 0. The van der Waals surface area contributed by atoms with Crippen LogP contribution in [-0.4, -0.2) is 22.3 Å². The van der Waals surface area contributed by atoms with Gasteiger partial charge in [0.1, 0.15) is 10.1 Å². The Morgan fingerprint density at radius 1 is 1.38 bits per heavy atom. The lowest BCUT2D eigenvalue weighted by atomic mass is 10.2. The zero-order valence-electron chi connectivity index (χ0n) is 9.57. The van der Waals surface area contributed by atoms with Crippen molar-refractivity contribution in [1.82, 2.24) is 4.90 Å². The largest absolute Gasteiger partial charge is 0.358 e. The van der Waals surface area contributed by atoms with Crippen LogP contribution in [0.4, 0.5) is 4.39 Å². The van der Waals surface area contributed by atoms with Gasteiger partial charge in [0.2, 0.25) is 0 Å². The summed E-state index contributed by atoms with van der Waals surface area (Å²) in [5, 5.41) is 0. The van der Waals surface area contributed by atoms with Crippen LogP contribution in [0.5, 0.6) is 0 Å². The van der Waals surface area contributed by atoms with Crippen LogP contribution in [0.1, 0.15) is 19.4 Å². The van der Waals surface area contributed by atoms with Crippen molar-refractivity contribution in [2.75, 3.05) is 13.1 Å². The molecule has 1 aromatic rings. The summed E-state index contributed by atoms with van der Waals surface area (Å²) in [7, 11) is 0. The van der Waals surface area contributed by atoms with Crippen molar-refractivity contribution >= 4 is 28.3 Å². The molecule has 0 saturated heterocycles. The highest BCUT2D eigenvalue weighted by Gasteiger charge is 2.06. The molecule has 0 aliphatic carbocycles. The fourth-order valence-corrected chi connectivity index (χ4v) is 2.69. The van der Waals surface area contributed by atoms with E-state index in [1.54, 1.807) is 23.9 Å². The predicted molar refractivity (Wildman–Crippen MR) is 73.2 cm³/mol. The van der Waals surface area contributed by atoms with E-state index in [0.29, 0.717) is 0 Å². The molecule has 0 aliphatic rings. The van der Waals surface area contributed by atoms with Gasteiger partial charge in [-0.15, -0.1) is 0 Å². The Morgan fingerprint density at radius 3 is 2.62 bits per heavy atom. The second-order valence-electron chi connectivity index (χ2n) is 3.36. The Hall–Kier alpha value is -0.610. The molecule has 4 heteroatoms. The molecule has 88 valence electrons. The normalized spacial score (nSPS) is 10.2.